The third kappa shape index (κ3) is 25.9. The van der Waals surface area contributed by atoms with E-state index < -0.39 is 0 Å². The fourth-order valence-electron chi connectivity index (χ4n) is 0.269. The lowest BCUT2D eigenvalue weighted by Gasteiger charge is -1.74. The summed E-state index contributed by atoms with van der Waals surface area (Å²) in [5.41, 5.74) is 0. The predicted molar refractivity (Wildman–Crippen MR) is 42.5 cm³/mol. The molecule has 0 saturated heterocycles. The van der Waals surface area contributed by atoms with Gasteiger partial charge in [-0.3, -0.25) is 0 Å². The molecular formula is C8H16O2. The van der Waals surface area contributed by atoms with Crippen LogP contribution in [0.1, 0.15) is 26.7 Å². The molecule has 0 aromatic heterocycles. The van der Waals surface area contributed by atoms with E-state index >= 15 is 0 Å². The maximum absolute atomic E-state index is 8.19. The van der Waals surface area contributed by atoms with Gasteiger partial charge in [0.1, 0.15) is 0 Å². The molecule has 0 amide bonds. The van der Waals surface area contributed by atoms with Gasteiger partial charge < -0.3 is 10.2 Å². The molecule has 2 nitrogen and oxygen atoms in total. The van der Waals surface area contributed by atoms with E-state index in [0.29, 0.717) is 6.42 Å². The second-order valence-electron chi connectivity index (χ2n) is 1.50. The van der Waals surface area contributed by atoms with E-state index in [2.05, 4.69) is 11.8 Å². The highest BCUT2D eigenvalue weighted by atomic mass is 16.3. The second-order valence-corrected chi connectivity index (χ2v) is 1.50. The first-order chi connectivity index (χ1) is 4.83. The highest BCUT2D eigenvalue weighted by Gasteiger charge is 1.66. The van der Waals surface area contributed by atoms with E-state index in [9.17, 15) is 0 Å². The predicted octanol–water partition coefficient (Wildman–Crippen LogP) is 0.781. The van der Waals surface area contributed by atoms with Crippen LogP contribution >= 0.6 is 0 Å². The Labute approximate surface area is 62.9 Å². The van der Waals surface area contributed by atoms with Gasteiger partial charge in [0.15, 0.2) is 0 Å². The van der Waals surface area contributed by atoms with Gasteiger partial charge in [-0.1, -0.05) is 6.92 Å². The smallest absolute Gasteiger partial charge is 0.0540 e. The third-order valence-corrected chi connectivity index (χ3v) is 0.539. The zero-order valence-electron chi connectivity index (χ0n) is 6.72. The zero-order valence-corrected chi connectivity index (χ0v) is 6.72. The van der Waals surface area contributed by atoms with Gasteiger partial charge in [-0.15, -0.1) is 11.8 Å². The van der Waals surface area contributed by atoms with Crippen LogP contribution in [-0.2, 0) is 0 Å². The number of hydrogen-bond donors (Lipinski definition) is 2. The summed E-state index contributed by atoms with van der Waals surface area (Å²) >= 11 is 0. The van der Waals surface area contributed by atoms with Crippen LogP contribution in [0.4, 0.5) is 0 Å². The van der Waals surface area contributed by atoms with E-state index in [1.54, 1.807) is 6.92 Å². The lowest BCUT2D eigenvalue weighted by atomic mass is 10.4. The van der Waals surface area contributed by atoms with Crippen LogP contribution in [0.5, 0.6) is 0 Å². The van der Waals surface area contributed by atoms with Crippen molar-refractivity contribution in [2.24, 2.45) is 0 Å². The van der Waals surface area contributed by atoms with Crippen molar-refractivity contribution in [1.29, 1.82) is 0 Å². The molecule has 0 spiro atoms. The largest absolute Gasteiger partial charge is 0.397 e. The zero-order chi connectivity index (χ0) is 8.24. The standard InChI is InChI=1S/C6H10O.C2H6O/c1-2-3-4-5-6-7;1-2-3/h7H,2,5-6H2,1H3;3H,2H2,1H3. The molecule has 60 valence electrons. The number of aliphatic hydroxyl groups is 2. The molecule has 0 unspecified atom stereocenters. The molecular weight excluding hydrogens is 128 g/mol. The molecule has 0 radical (unpaired) electrons. The van der Waals surface area contributed by atoms with E-state index in [1.165, 1.54) is 0 Å². The summed E-state index contributed by atoms with van der Waals surface area (Å²) in [4.78, 5) is 0. The molecule has 2 N–H and O–H groups in total. The summed E-state index contributed by atoms with van der Waals surface area (Å²) < 4.78 is 0. The van der Waals surface area contributed by atoms with Crippen LogP contribution in [0.15, 0.2) is 0 Å². The van der Waals surface area contributed by atoms with E-state index in [4.69, 9.17) is 10.2 Å². The van der Waals surface area contributed by atoms with Crippen molar-refractivity contribution in [3.63, 3.8) is 0 Å². The van der Waals surface area contributed by atoms with Gasteiger partial charge in [-0.25, -0.2) is 0 Å². The number of hydrogen-bond acceptors (Lipinski definition) is 2. The Kier molecular flexibility index (Phi) is 19.3. The molecule has 0 aliphatic carbocycles. The average molecular weight is 144 g/mol. The van der Waals surface area contributed by atoms with Crippen molar-refractivity contribution >= 4 is 0 Å². The van der Waals surface area contributed by atoms with Crippen LogP contribution in [0, 0.1) is 11.8 Å². The Balaban J connectivity index is 0. The molecule has 0 aliphatic heterocycles. The molecule has 0 saturated carbocycles. The summed E-state index contributed by atoms with van der Waals surface area (Å²) in [5, 5.41) is 15.8. The van der Waals surface area contributed by atoms with Crippen molar-refractivity contribution in [2.75, 3.05) is 13.2 Å². The molecule has 0 aromatic carbocycles. The highest BCUT2D eigenvalue weighted by Crippen LogP contribution is 1.71. The van der Waals surface area contributed by atoms with Crippen molar-refractivity contribution in [1.82, 2.24) is 0 Å². The summed E-state index contributed by atoms with van der Waals surface area (Å²) in [6.07, 6.45) is 1.51. The number of aliphatic hydroxyl groups excluding tert-OH is 2. The Bertz CT molecular complexity index is 89.2. The third-order valence-electron chi connectivity index (χ3n) is 0.539. The van der Waals surface area contributed by atoms with Gasteiger partial charge in [0.2, 0.25) is 0 Å². The van der Waals surface area contributed by atoms with Crippen LogP contribution in [0.3, 0.4) is 0 Å². The fourth-order valence-corrected chi connectivity index (χ4v) is 0.269. The first kappa shape index (κ1) is 12.2. The van der Waals surface area contributed by atoms with Crippen LogP contribution in [0.2, 0.25) is 0 Å². The van der Waals surface area contributed by atoms with Crippen molar-refractivity contribution < 1.29 is 10.2 Å². The topological polar surface area (TPSA) is 40.5 Å². The molecule has 0 atom stereocenters. The Morgan fingerprint density at radius 1 is 1.10 bits per heavy atom. The van der Waals surface area contributed by atoms with Gasteiger partial charge in [0.25, 0.3) is 0 Å². The summed E-state index contributed by atoms with van der Waals surface area (Å²) in [6, 6.07) is 0. The highest BCUT2D eigenvalue weighted by molar-refractivity contribution is 4.97. The van der Waals surface area contributed by atoms with E-state index in [-0.39, 0.29) is 13.2 Å². The van der Waals surface area contributed by atoms with Gasteiger partial charge in [0, 0.05) is 19.4 Å². The summed E-state index contributed by atoms with van der Waals surface area (Å²) in [7, 11) is 0. The Morgan fingerprint density at radius 3 is 1.90 bits per heavy atom. The quantitative estimate of drug-likeness (QED) is 0.534. The van der Waals surface area contributed by atoms with Crippen molar-refractivity contribution in [3.8, 4) is 11.8 Å². The van der Waals surface area contributed by atoms with Gasteiger partial charge in [-0.05, 0) is 6.92 Å². The second kappa shape index (κ2) is 15.8. The minimum Gasteiger partial charge on any atom is -0.397 e. The first-order valence-corrected chi connectivity index (χ1v) is 3.50. The first-order valence-electron chi connectivity index (χ1n) is 3.50. The molecule has 10 heavy (non-hydrogen) atoms. The fraction of sp³-hybridized carbons (Fsp3) is 0.750. The van der Waals surface area contributed by atoms with Crippen LogP contribution in [0.25, 0.3) is 0 Å². The van der Waals surface area contributed by atoms with E-state index in [1.807, 2.05) is 6.92 Å². The summed E-state index contributed by atoms with van der Waals surface area (Å²) in [5.74, 6) is 5.62. The number of rotatable bonds is 1. The van der Waals surface area contributed by atoms with Crippen LogP contribution < -0.4 is 0 Å². The molecule has 0 fully saturated rings. The van der Waals surface area contributed by atoms with Gasteiger partial charge in [0.05, 0.1) is 6.61 Å². The normalized spacial score (nSPS) is 6.80. The monoisotopic (exact) mass is 144 g/mol. The molecule has 0 aliphatic rings. The maximum Gasteiger partial charge on any atom is 0.0540 e. The molecule has 0 bridgehead atoms. The van der Waals surface area contributed by atoms with Gasteiger partial charge in [-0.2, -0.15) is 0 Å². The maximum atomic E-state index is 8.19. The molecule has 0 aromatic rings. The lowest BCUT2D eigenvalue weighted by Crippen LogP contribution is -1.74. The Hall–Kier alpha value is -0.520. The summed E-state index contributed by atoms with van der Waals surface area (Å²) in [6.45, 7) is 4.11. The average Bonchev–Trinajstić information content (AvgIpc) is 1.91. The molecule has 2 heteroatoms. The van der Waals surface area contributed by atoms with Crippen molar-refractivity contribution in [2.45, 2.75) is 26.7 Å². The van der Waals surface area contributed by atoms with Crippen LogP contribution in [-0.4, -0.2) is 23.4 Å². The van der Waals surface area contributed by atoms with Gasteiger partial charge >= 0.3 is 0 Å². The minimum atomic E-state index is 0.188. The molecule has 0 heterocycles. The lowest BCUT2D eigenvalue weighted by molar-refractivity contribution is 0.305. The minimum absolute atomic E-state index is 0.188. The Morgan fingerprint density at radius 2 is 1.60 bits per heavy atom. The molecule has 0 rings (SSSR count). The van der Waals surface area contributed by atoms with Crippen molar-refractivity contribution in [3.05, 3.63) is 0 Å². The van der Waals surface area contributed by atoms with E-state index in [0.717, 1.165) is 6.42 Å². The SMILES string of the molecule is CCC#CCCO.CCO.